The van der Waals surface area contributed by atoms with Crippen LogP contribution in [0.1, 0.15) is 0 Å². The minimum Gasteiger partial charge on any atom is -0.456 e. The summed E-state index contributed by atoms with van der Waals surface area (Å²) in [6.45, 7) is 0. The van der Waals surface area contributed by atoms with E-state index in [0.29, 0.717) is 5.89 Å². The van der Waals surface area contributed by atoms with Crippen LogP contribution in [0.3, 0.4) is 0 Å². The van der Waals surface area contributed by atoms with E-state index in [2.05, 4.69) is 126 Å². The summed E-state index contributed by atoms with van der Waals surface area (Å²) in [5.74, 6) is 0.588. The van der Waals surface area contributed by atoms with Crippen LogP contribution in [0.25, 0.3) is 75.8 Å². The average Bonchev–Trinajstić information content (AvgIpc) is 3.86. The highest BCUT2D eigenvalue weighted by atomic mass is 32.1. The number of hydrogen-bond acceptors (Lipinski definition) is 5. The minimum atomic E-state index is 0.588. The predicted molar refractivity (Wildman–Crippen MR) is 200 cm³/mol. The first-order chi connectivity index (χ1) is 23.8. The fourth-order valence-electron chi connectivity index (χ4n) is 6.89. The van der Waals surface area contributed by atoms with Crippen molar-refractivity contribution in [2.45, 2.75) is 0 Å². The molecule has 5 heteroatoms. The predicted octanol–water partition coefficient (Wildman–Crippen LogP) is 12.9. The van der Waals surface area contributed by atoms with Crippen LogP contribution >= 0.6 is 11.3 Å². The van der Waals surface area contributed by atoms with Crippen molar-refractivity contribution < 1.29 is 8.83 Å². The van der Waals surface area contributed by atoms with Crippen LogP contribution in [0.5, 0.6) is 0 Å². The number of para-hydroxylation sites is 2. The third kappa shape index (κ3) is 4.25. The highest BCUT2D eigenvalue weighted by molar-refractivity contribution is 7.26. The largest absolute Gasteiger partial charge is 0.456 e. The van der Waals surface area contributed by atoms with E-state index in [1.54, 1.807) is 0 Å². The lowest BCUT2D eigenvalue weighted by Crippen LogP contribution is -2.10. The van der Waals surface area contributed by atoms with Gasteiger partial charge in [-0.1, -0.05) is 91.0 Å². The highest BCUT2D eigenvalue weighted by Gasteiger charge is 2.21. The van der Waals surface area contributed by atoms with E-state index in [9.17, 15) is 0 Å². The van der Waals surface area contributed by atoms with Crippen molar-refractivity contribution >= 4 is 81.6 Å². The Kier molecular flexibility index (Phi) is 6.01. The quantitative estimate of drug-likeness (QED) is 0.189. The maximum Gasteiger partial charge on any atom is 0.228 e. The molecule has 4 nitrogen and oxygen atoms in total. The molecule has 0 fully saturated rings. The summed E-state index contributed by atoms with van der Waals surface area (Å²) in [7, 11) is 0. The van der Waals surface area contributed by atoms with Gasteiger partial charge in [-0.2, -0.15) is 0 Å². The summed E-state index contributed by atoms with van der Waals surface area (Å²) in [4.78, 5) is 7.15. The van der Waals surface area contributed by atoms with E-state index in [0.717, 1.165) is 55.7 Å². The van der Waals surface area contributed by atoms with Crippen molar-refractivity contribution in [3.63, 3.8) is 0 Å². The summed E-state index contributed by atoms with van der Waals surface area (Å²) in [6, 6.07) is 55.0. The van der Waals surface area contributed by atoms with Gasteiger partial charge < -0.3 is 13.7 Å². The molecule has 0 spiro atoms. The maximum atomic E-state index is 6.57. The number of hydrogen-bond donors (Lipinski definition) is 0. The molecule has 226 valence electrons. The first-order valence-corrected chi connectivity index (χ1v) is 16.8. The highest BCUT2D eigenvalue weighted by Crippen LogP contribution is 2.46. The topological polar surface area (TPSA) is 42.4 Å². The lowest BCUT2D eigenvalue weighted by Gasteiger charge is -2.26. The normalized spacial score (nSPS) is 11.8. The summed E-state index contributed by atoms with van der Waals surface area (Å²) >= 11 is 1.83. The minimum absolute atomic E-state index is 0.588. The Bertz CT molecular complexity index is 2760. The van der Waals surface area contributed by atoms with Crippen molar-refractivity contribution in [2.24, 2.45) is 0 Å². The molecule has 0 radical (unpaired) electrons. The van der Waals surface area contributed by atoms with Gasteiger partial charge in [-0.25, -0.2) is 4.98 Å². The van der Waals surface area contributed by atoms with Gasteiger partial charge in [0.15, 0.2) is 5.58 Å². The van der Waals surface area contributed by atoms with Crippen molar-refractivity contribution in [1.82, 2.24) is 4.98 Å². The lowest BCUT2D eigenvalue weighted by atomic mass is 10.0. The van der Waals surface area contributed by atoms with Crippen LogP contribution in [0.4, 0.5) is 17.1 Å². The Morgan fingerprint density at radius 2 is 1.23 bits per heavy atom. The van der Waals surface area contributed by atoms with Crippen molar-refractivity contribution in [2.75, 3.05) is 4.90 Å². The molecule has 48 heavy (non-hydrogen) atoms. The molecular formula is C43H26N2O2S. The average molecular weight is 635 g/mol. The molecule has 0 aliphatic carbocycles. The smallest absolute Gasteiger partial charge is 0.228 e. The van der Waals surface area contributed by atoms with Crippen LogP contribution in [-0.4, -0.2) is 4.98 Å². The van der Waals surface area contributed by atoms with Crippen molar-refractivity contribution in [3.05, 3.63) is 158 Å². The van der Waals surface area contributed by atoms with Crippen LogP contribution in [-0.2, 0) is 0 Å². The van der Waals surface area contributed by atoms with Gasteiger partial charge in [-0.15, -0.1) is 11.3 Å². The molecule has 0 N–H and O–H groups in total. The van der Waals surface area contributed by atoms with Gasteiger partial charge in [0.1, 0.15) is 16.7 Å². The molecule has 10 aromatic rings. The van der Waals surface area contributed by atoms with Gasteiger partial charge in [-0.05, 0) is 71.8 Å². The Labute approximate surface area is 279 Å². The molecular weight excluding hydrogens is 609 g/mol. The zero-order valence-electron chi connectivity index (χ0n) is 25.6. The third-order valence-electron chi connectivity index (χ3n) is 9.12. The van der Waals surface area contributed by atoms with Crippen molar-refractivity contribution in [3.8, 4) is 22.6 Å². The van der Waals surface area contributed by atoms with E-state index in [1.807, 2.05) is 47.7 Å². The molecule has 7 aromatic carbocycles. The number of aromatic nitrogens is 1. The molecule has 3 heterocycles. The molecule has 0 saturated carbocycles. The van der Waals surface area contributed by atoms with E-state index in [1.165, 1.54) is 31.3 Å². The zero-order valence-corrected chi connectivity index (χ0v) is 26.4. The maximum absolute atomic E-state index is 6.57. The van der Waals surface area contributed by atoms with Gasteiger partial charge in [-0.3, -0.25) is 0 Å². The second-order valence-corrected chi connectivity index (χ2v) is 13.0. The van der Waals surface area contributed by atoms with Crippen LogP contribution in [0.15, 0.2) is 167 Å². The Balaban J connectivity index is 1.17. The Morgan fingerprint density at radius 3 is 2.12 bits per heavy atom. The Hall–Kier alpha value is -6.17. The molecule has 0 unspecified atom stereocenters. The van der Waals surface area contributed by atoms with Gasteiger partial charge in [0.2, 0.25) is 5.89 Å². The third-order valence-corrected chi connectivity index (χ3v) is 10.3. The Morgan fingerprint density at radius 1 is 0.500 bits per heavy atom. The lowest BCUT2D eigenvalue weighted by molar-refractivity contribution is 0.620. The standard InChI is InChI=1S/C43H26N2O2S/c1-2-10-27(11-3-1)28-20-22-29(23-21-28)45(36-16-8-13-32-31-12-4-7-19-40(31)48-42(32)36)30-24-25-33-39(26-30)46-38-18-9-14-34(41(33)38)43-44-35-15-5-6-17-37(35)47-43/h1-26H. The van der Waals surface area contributed by atoms with Crippen LogP contribution in [0, 0.1) is 0 Å². The molecule has 0 aliphatic rings. The molecule has 3 aromatic heterocycles. The second-order valence-electron chi connectivity index (χ2n) is 11.9. The number of anilines is 3. The zero-order chi connectivity index (χ0) is 31.6. The molecule has 0 amide bonds. The first-order valence-electron chi connectivity index (χ1n) is 16.0. The fraction of sp³-hybridized carbons (Fsp3) is 0. The van der Waals surface area contributed by atoms with Crippen LogP contribution in [0.2, 0.25) is 0 Å². The summed E-state index contributed by atoms with van der Waals surface area (Å²) in [5, 5.41) is 4.55. The number of rotatable bonds is 5. The summed E-state index contributed by atoms with van der Waals surface area (Å²) < 4.78 is 15.3. The summed E-state index contributed by atoms with van der Waals surface area (Å²) in [6.07, 6.45) is 0. The molecule has 0 saturated heterocycles. The van der Waals surface area contributed by atoms with Gasteiger partial charge in [0, 0.05) is 49.2 Å². The SMILES string of the molecule is c1ccc(-c2ccc(N(c3ccc4c(c3)oc3cccc(-c5nc6ccccc6o5)c34)c3cccc4c3sc3ccccc34)cc2)cc1. The van der Waals surface area contributed by atoms with E-state index in [-0.39, 0.29) is 0 Å². The van der Waals surface area contributed by atoms with Gasteiger partial charge in [0.05, 0.1) is 10.4 Å². The van der Waals surface area contributed by atoms with Crippen LogP contribution < -0.4 is 4.90 Å². The second kappa shape index (κ2) is 10.7. The molecule has 0 aliphatic heterocycles. The number of furan rings is 1. The van der Waals surface area contributed by atoms with Crippen molar-refractivity contribution in [1.29, 1.82) is 0 Å². The van der Waals surface area contributed by atoms with E-state index < -0.39 is 0 Å². The number of thiophene rings is 1. The summed E-state index contributed by atoms with van der Waals surface area (Å²) in [5.41, 5.74) is 9.71. The molecule has 10 rings (SSSR count). The first kappa shape index (κ1) is 27.0. The van der Waals surface area contributed by atoms with Gasteiger partial charge in [0.25, 0.3) is 0 Å². The molecule has 0 bridgehead atoms. The monoisotopic (exact) mass is 634 g/mol. The number of oxazole rings is 1. The van der Waals surface area contributed by atoms with E-state index >= 15 is 0 Å². The molecule has 0 atom stereocenters. The number of nitrogens with zero attached hydrogens (tertiary/aromatic N) is 2. The number of fused-ring (bicyclic) bond motifs is 7. The fourth-order valence-corrected chi connectivity index (χ4v) is 8.09. The number of benzene rings is 7. The van der Waals surface area contributed by atoms with E-state index in [4.69, 9.17) is 13.8 Å². The van der Waals surface area contributed by atoms with Gasteiger partial charge >= 0.3 is 0 Å².